The average molecular weight is 618 g/mol. The molecule has 1 aromatic carbocycles. The molecule has 0 saturated carbocycles. The lowest BCUT2D eigenvalue weighted by atomic mass is 9.91. The highest BCUT2D eigenvalue weighted by atomic mass is 79.9. The summed E-state index contributed by atoms with van der Waals surface area (Å²) in [5.41, 5.74) is 5.08. The Labute approximate surface area is 189 Å². The summed E-state index contributed by atoms with van der Waals surface area (Å²) in [5, 5.41) is 0. The fourth-order valence-electron chi connectivity index (χ4n) is 1.95. The maximum Gasteiger partial charge on any atom is 0.460 e. The Morgan fingerprint density at radius 1 is 0.657 bits per heavy atom. The lowest BCUT2D eigenvalue weighted by Crippen LogP contribution is -2.72. The Bertz CT molecular complexity index is 984. The van der Waals surface area contributed by atoms with Crippen LogP contribution in [0.15, 0.2) is 34.5 Å². The molecule has 1 rings (SSSR count). The number of nitrogen functional groups attached to an aromatic ring is 1. The molecule has 0 amide bonds. The van der Waals surface area contributed by atoms with Crippen molar-refractivity contribution in [3.63, 3.8) is 0 Å². The van der Waals surface area contributed by atoms with Crippen LogP contribution in [0.4, 0.5) is 80.3 Å². The van der Waals surface area contributed by atoms with Gasteiger partial charge in [0, 0.05) is 10.2 Å². The van der Waals surface area contributed by atoms with Crippen LogP contribution < -0.4 is 10.5 Å². The van der Waals surface area contributed by atoms with Gasteiger partial charge in [-0.25, -0.2) is 0 Å². The predicted molar refractivity (Wildman–Crippen MR) is 84.2 cm³/mol. The molecule has 202 valence electrons. The van der Waals surface area contributed by atoms with Gasteiger partial charge in [0.15, 0.2) is 0 Å². The molecule has 0 aliphatic rings. The highest BCUT2D eigenvalue weighted by Gasteiger charge is 2.93. The molecule has 20 heteroatoms. The summed E-state index contributed by atoms with van der Waals surface area (Å²) >= 11 is 2.64. The molecule has 2 nitrogen and oxygen atoms in total. The van der Waals surface area contributed by atoms with E-state index in [0.29, 0.717) is 12.1 Å². The molecular formula is C15H5BrF17NO. The summed E-state index contributed by atoms with van der Waals surface area (Å²) < 4.78 is 226. The van der Waals surface area contributed by atoms with Crippen molar-refractivity contribution >= 4 is 21.6 Å². The summed E-state index contributed by atoms with van der Waals surface area (Å²) in [6.45, 7) is 0. The SMILES string of the molecule is Nc1ccc(OC(F)=C(F)C(F)(F)C(F)(F)C(F)(F)C(F)(F)C(F)(F)C(F)(F)C(F)(F)F)cc1Br. The number of ether oxygens (including phenoxy) is 1. The molecule has 0 radical (unpaired) electrons. The number of halogens is 18. The Morgan fingerprint density at radius 2 is 1.06 bits per heavy atom. The van der Waals surface area contributed by atoms with Crippen LogP contribution in [0, 0.1) is 0 Å². The Balaban J connectivity index is 3.59. The van der Waals surface area contributed by atoms with Gasteiger partial charge in [-0.05, 0) is 34.1 Å². The smallest absolute Gasteiger partial charge is 0.430 e. The number of hydrogen-bond acceptors (Lipinski definition) is 2. The monoisotopic (exact) mass is 617 g/mol. The van der Waals surface area contributed by atoms with Crippen LogP contribution in [0.1, 0.15) is 0 Å². The van der Waals surface area contributed by atoms with Gasteiger partial charge in [-0.2, -0.15) is 74.6 Å². The third-order valence-electron chi connectivity index (χ3n) is 3.96. The summed E-state index contributed by atoms with van der Waals surface area (Å²) in [6, 6.07) is -1.68. The number of nitrogens with two attached hydrogens (primary N) is 1. The van der Waals surface area contributed by atoms with Gasteiger partial charge in [0.05, 0.1) is 0 Å². The zero-order chi connectivity index (χ0) is 28.2. The summed E-state index contributed by atoms with van der Waals surface area (Å²) in [7, 11) is 0. The van der Waals surface area contributed by atoms with Crippen molar-refractivity contribution in [2.75, 3.05) is 5.73 Å². The Kier molecular flexibility index (Phi) is 7.72. The third-order valence-corrected chi connectivity index (χ3v) is 4.64. The average Bonchev–Trinajstić information content (AvgIpc) is 2.68. The van der Waals surface area contributed by atoms with E-state index in [1.807, 2.05) is 0 Å². The van der Waals surface area contributed by atoms with Crippen LogP contribution in [-0.4, -0.2) is 41.7 Å². The van der Waals surface area contributed by atoms with Gasteiger partial charge >= 0.3 is 47.7 Å². The van der Waals surface area contributed by atoms with Gasteiger partial charge in [-0.1, -0.05) is 0 Å². The van der Waals surface area contributed by atoms with Crippen molar-refractivity contribution < 1.29 is 79.4 Å². The number of rotatable bonds is 8. The molecule has 2 N–H and O–H groups in total. The molecule has 0 aliphatic heterocycles. The molecule has 0 heterocycles. The van der Waals surface area contributed by atoms with Gasteiger partial charge in [-0.3, -0.25) is 0 Å². The van der Waals surface area contributed by atoms with Crippen LogP contribution in [0.5, 0.6) is 5.75 Å². The minimum Gasteiger partial charge on any atom is -0.430 e. The van der Waals surface area contributed by atoms with Crippen LogP contribution in [0.2, 0.25) is 0 Å². The maximum atomic E-state index is 13.6. The van der Waals surface area contributed by atoms with Gasteiger partial charge < -0.3 is 10.5 Å². The molecule has 0 saturated heterocycles. The second-order valence-corrected chi connectivity index (χ2v) is 7.17. The first-order chi connectivity index (χ1) is 15.2. The minimum atomic E-state index is -8.63. The quantitative estimate of drug-likeness (QED) is 0.183. The number of hydrogen-bond donors (Lipinski definition) is 1. The number of anilines is 1. The first-order valence-corrected chi connectivity index (χ1v) is 8.63. The predicted octanol–water partition coefficient (Wildman–Crippen LogP) is 7.89. The summed E-state index contributed by atoms with van der Waals surface area (Å²) in [4.78, 5) is 0. The maximum absolute atomic E-state index is 13.6. The van der Waals surface area contributed by atoms with E-state index in [1.54, 1.807) is 0 Å². The molecule has 0 fully saturated rings. The number of allylic oxidation sites excluding steroid dienone is 1. The standard InChI is InChI=1S/C15H5BrF17NO/c16-5-3-4(1-2-6(5)34)35-8(18)7(17)9(19,20)10(21,22)11(23,24)12(25,26)13(27,28)14(29,30)15(31,32)33/h1-3H,34H2. The van der Waals surface area contributed by atoms with Crippen LogP contribution >= 0.6 is 15.9 Å². The lowest BCUT2D eigenvalue weighted by molar-refractivity contribution is -0.451. The molecule has 0 bridgehead atoms. The fraction of sp³-hybridized carbons (Fsp3) is 0.467. The second-order valence-electron chi connectivity index (χ2n) is 6.32. The van der Waals surface area contributed by atoms with Gasteiger partial charge in [-0.15, -0.1) is 0 Å². The van der Waals surface area contributed by atoms with E-state index in [2.05, 4.69) is 20.7 Å². The normalized spacial score (nSPS) is 15.7. The van der Waals surface area contributed by atoms with Crippen LogP contribution in [0.25, 0.3) is 0 Å². The highest BCUT2D eigenvalue weighted by Crippen LogP contribution is 2.63. The fourth-order valence-corrected chi connectivity index (χ4v) is 2.31. The van der Waals surface area contributed by atoms with Crippen molar-refractivity contribution in [3.8, 4) is 5.75 Å². The topological polar surface area (TPSA) is 35.2 Å². The Morgan fingerprint density at radius 3 is 1.46 bits per heavy atom. The first kappa shape index (κ1) is 30.9. The molecule has 0 unspecified atom stereocenters. The molecule has 0 atom stereocenters. The summed E-state index contributed by atoms with van der Waals surface area (Å²) in [6.07, 6.45) is -7.79. The van der Waals surface area contributed by atoms with E-state index in [9.17, 15) is 74.6 Å². The zero-order valence-corrected chi connectivity index (χ0v) is 17.1. The van der Waals surface area contributed by atoms with Crippen molar-refractivity contribution in [2.45, 2.75) is 41.7 Å². The van der Waals surface area contributed by atoms with E-state index in [1.165, 1.54) is 0 Å². The van der Waals surface area contributed by atoms with E-state index in [0.717, 1.165) is 6.07 Å². The van der Waals surface area contributed by atoms with Crippen molar-refractivity contribution in [1.29, 1.82) is 0 Å². The Hall–Kier alpha value is -2.15. The van der Waals surface area contributed by atoms with Gasteiger partial charge in [0.25, 0.3) is 0 Å². The molecule has 0 aliphatic carbocycles. The first-order valence-electron chi connectivity index (χ1n) is 7.84. The largest absolute Gasteiger partial charge is 0.460 e. The highest BCUT2D eigenvalue weighted by molar-refractivity contribution is 9.10. The van der Waals surface area contributed by atoms with E-state index < -0.39 is 59.3 Å². The van der Waals surface area contributed by atoms with Gasteiger partial charge in [0.2, 0.25) is 5.83 Å². The molecule has 35 heavy (non-hydrogen) atoms. The molecule has 0 aromatic heterocycles. The number of benzene rings is 1. The lowest BCUT2D eigenvalue weighted by Gasteiger charge is -2.41. The molecular weight excluding hydrogens is 613 g/mol. The van der Waals surface area contributed by atoms with Crippen LogP contribution in [-0.2, 0) is 0 Å². The van der Waals surface area contributed by atoms with Gasteiger partial charge in [0.1, 0.15) is 5.75 Å². The molecule has 0 spiro atoms. The van der Waals surface area contributed by atoms with Crippen molar-refractivity contribution in [1.82, 2.24) is 0 Å². The minimum absolute atomic E-state index is 0.169. The van der Waals surface area contributed by atoms with E-state index in [4.69, 9.17) is 5.73 Å². The zero-order valence-electron chi connectivity index (χ0n) is 15.5. The van der Waals surface area contributed by atoms with E-state index >= 15 is 0 Å². The van der Waals surface area contributed by atoms with Crippen molar-refractivity contribution in [2.24, 2.45) is 0 Å². The second kappa shape index (κ2) is 8.75. The molecule has 1 aromatic rings. The van der Waals surface area contributed by atoms with E-state index in [-0.39, 0.29) is 10.2 Å². The van der Waals surface area contributed by atoms with Crippen molar-refractivity contribution in [3.05, 3.63) is 34.5 Å². The number of alkyl halides is 15. The summed E-state index contributed by atoms with van der Waals surface area (Å²) in [5.74, 6) is -55.3. The third kappa shape index (κ3) is 4.56. The van der Waals surface area contributed by atoms with Crippen LogP contribution in [0.3, 0.4) is 0 Å².